The van der Waals surface area contributed by atoms with E-state index in [1.165, 1.54) is 11.3 Å². The van der Waals surface area contributed by atoms with Crippen molar-refractivity contribution < 1.29 is 4.79 Å². The number of amides is 1. The lowest BCUT2D eigenvalue weighted by molar-refractivity contribution is -0.116. The van der Waals surface area contributed by atoms with Crippen LogP contribution in [0, 0.1) is 0 Å². The van der Waals surface area contributed by atoms with Gasteiger partial charge in [0.15, 0.2) is 0 Å². The SMILES string of the molecule is O=C1C/C(=N/N=c2\scc(-c3ccc(Cl)cc3)n2-c2ccccc2)C(c2ccccc2)N1c1ccccc1. The molecule has 5 aromatic rings. The quantitative estimate of drug-likeness (QED) is 0.218. The minimum atomic E-state index is -0.323. The molecule has 2 heterocycles. The van der Waals surface area contributed by atoms with Crippen LogP contribution in [0.4, 0.5) is 5.69 Å². The molecule has 1 saturated heterocycles. The molecule has 0 aliphatic carbocycles. The molecule has 0 spiro atoms. The van der Waals surface area contributed by atoms with Crippen molar-refractivity contribution in [1.82, 2.24) is 4.57 Å². The highest BCUT2D eigenvalue weighted by molar-refractivity contribution is 7.07. The van der Waals surface area contributed by atoms with Gasteiger partial charge in [-0.05, 0) is 47.5 Å². The highest BCUT2D eigenvalue weighted by Crippen LogP contribution is 2.35. The van der Waals surface area contributed by atoms with E-state index in [9.17, 15) is 4.79 Å². The van der Waals surface area contributed by atoms with E-state index < -0.39 is 0 Å². The van der Waals surface area contributed by atoms with Crippen molar-refractivity contribution in [3.63, 3.8) is 0 Å². The van der Waals surface area contributed by atoms with Crippen molar-refractivity contribution in [2.45, 2.75) is 12.5 Å². The van der Waals surface area contributed by atoms with Crippen LogP contribution in [-0.2, 0) is 4.79 Å². The lowest BCUT2D eigenvalue weighted by atomic mass is 10.0. The number of thiazole rings is 1. The molecule has 1 atom stereocenters. The minimum Gasteiger partial charge on any atom is -0.299 e. The number of para-hydroxylation sites is 2. The number of carbonyl (C=O) groups is 1. The fourth-order valence-corrected chi connectivity index (χ4v) is 5.70. The van der Waals surface area contributed by atoms with Gasteiger partial charge in [0.25, 0.3) is 0 Å². The van der Waals surface area contributed by atoms with Gasteiger partial charge >= 0.3 is 0 Å². The Bertz CT molecular complexity index is 1660. The zero-order chi connectivity index (χ0) is 25.9. The van der Waals surface area contributed by atoms with Crippen LogP contribution >= 0.6 is 22.9 Å². The zero-order valence-electron chi connectivity index (χ0n) is 20.3. The standard InChI is InChI=1S/C31H23ClN4OS/c32-24-18-16-22(17-19-24)28-21-38-31(35(28)25-12-6-2-7-13-25)34-33-27-20-29(37)36(26-14-8-3-9-15-26)30(27)23-10-4-1-5-11-23/h1-19,21,30H,20H2/b33-27-,34-31-. The van der Waals surface area contributed by atoms with Gasteiger partial charge in [0.2, 0.25) is 10.7 Å². The molecule has 186 valence electrons. The van der Waals surface area contributed by atoms with Crippen LogP contribution in [-0.4, -0.2) is 16.2 Å². The molecule has 1 aromatic heterocycles. The maximum Gasteiger partial charge on any atom is 0.233 e. The Morgan fingerprint density at radius 1 is 0.737 bits per heavy atom. The van der Waals surface area contributed by atoms with E-state index in [0.29, 0.717) is 15.5 Å². The Hall–Kier alpha value is -4.26. The maximum absolute atomic E-state index is 13.3. The highest BCUT2D eigenvalue weighted by atomic mass is 35.5. The van der Waals surface area contributed by atoms with Crippen LogP contribution < -0.4 is 9.70 Å². The van der Waals surface area contributed by atoms with Gasteiger partial charge in [0.1, 0.15) is 6.04 Å². The number of carbonyl (C=O) groups excluding carboxylic acids is 1. The monoisotopic (exact) mass is 534 g/mol. The van der Waals surface area contributed by atoms with Crippen molar-refractivity contribution in [2.75, 3.05) is 4.90 Å². The molecule has 7 heteroatoms. The lowest BCUT2D eigenvalue weighted by Crippen LogP contribution is -2.28. The fourth-order valence-electron chi connectivity index (χ4n) is 4.71. The average molecular weight is 535 g/mol. The van der Waals surface area contributed by atoms with E-state index in [2.05, 4.69) is 9.95 Å². The molecule has 5 nitrogen and oxygen atoms in total. The number of anilines is 1. The molecule has 0 saturated carbocycles. The molecular formula is C31H23ClN4OS. The van der Waals surface area contributed by atoms with Gasteiger partial charge in [-0.3, -0.25) is 14.3 Å². The molecule has 38 heavy (non-hydrogen) atoms. The van der Waals surface area contributed by atoms with Gasteiger partial charge < -0.3 is 0 Å². The first kappa shape index (κ1) is 24.1. The molecule has 0 bridgehead atoms. The van der Waals surface area contributed by atoms with Crippen LogP contribution in [0.3, 0.4) is 0 Å². The largest absolute Gasteiger partial charge is 0.299 e. The van der Waals surface area contributed by atoms with E-state index >= 15 is 0 Å². The van der Waals surface area contributed by atoms with Crippen molar-refractivity contribution in [3.8, 4) is 16.9 Å². The molecule has 4 aromatic carbocycles. The lowest BCUT2D eigenvalue weighted by Gasteiger charge is -2.25. The third-order valence-corrected chi connectivity index (χ3v) is 7.52. The average Bonchev–Trinajstić information content (AvgIpc) is 3.54. The van der Waals surface area contributed by atoms with Crippen LogP contribution in [0.5, 0.6) is 0 Å². The van der Waals surface area contributed by atoms with Crippen molar-refractivity contribution in [1.29, 1.82) is 0 Å². The van der Waals surface area contributed by atoms with E-state index in [0.717, 1.165) is 28.2 Å². The number of nitrogens with zero attached hydrogens (tertiary/aromatic N) is 4. The molecule has 6 rings (SSSR count). The normalized spacial score (nSPS) is 16.9. The second-order valence-electron chi connectivity index (χ2n) is 8.86. The predicted molar refractivity (Wildman–Crippen MR) is 155 cm³/mol. The molecule has 1 aliphatic rings. The Balaban J connectivity index is 1.49. The maximum atomic E-state index is 13.3. The van der Waals surface area contributed by atoms with Crippen LogP contribution in [0.1, 0.15) is 18.0 Å². The first-order valence-electron chi connectivity index (χ1n) is 12.2. The topological polar surface area (TPSA) is 50.0 Å². The Morgan fingerprint density at radius 3 is 2.00 bits per heavy atom. The summed E-state index contributed by atoms with van der Waals surface area (Å²) >= 11 is 7.65. The van der Waals surface area contributed by atoms with Crippen molar-refractivity contribution >= 4 is 40.2 Å². The van der Waals surface area contributed by atoms with Crippen LogP contribution in [0.2, 0.25) is 5.02 Å². The predicted octanol–water partition coefficient (Wildman–Crippen LogP) is 7.29. The summed E-state index contributed by atoms with van der Waals surface area (Å²) in [6.45, 7) is 0. The summed E-state index contributed by atoms with van der Waals surface area (Å²) in [5.41, 5.74) is 5.55. The molecule has 1 unspecified atom stereocenters. The number of hydrogen-bond acceptors (Lipinski definition) is 4. The zero-order valence-corrected chi connectivity index (χ0v) is 21.9. The van der Waals surface area contributed by atoms with Gasteiger partial charge in [-0.1, -0.05) is 90.5 Å². The summed E-state index contributed by atoms with van der Waals surface area (Å²) < 4.78 is 2.08. The molecule has 0 N–H and O–H groups in total. The third-order valence-electron chi connectivity index (χ3n) is 6.45. The molecular weight excluding hydrogens is 512 g/mol. The summed E-state index contributed by atoms with van der Waals surface area (Å²) in [6, 6.07) is 37.3. The van der Waals surface area contributed by atoms with Crippen molar-refractivity contribution in [2.24, 2.45) is 10.2 Å². The van der Waals surface area contributed by atoms with Crippen molar-refractivity contribution in [3.05, 3.63) is 136 Å². The Kier molecular flexibility index (Phi) is 6.73. The van der Waals surface area contributed by atoms with Gasteiger partial charge in [-0.15, -0.1) is 16.4 Å². The molecule has 0 radical (unpaired) electrons. The number of aromatic nitrogens is 1. The van der Waals surface area contributed by atoms with E-state index in [1.54, 1.807) is 0 Å². The van der Waals surface area contributed by atoms with Crippen LogP contribution in [0.25, 0.3) is 16.9 Å². The summed E-state index contributed by atoms with van der Waals surface area (Å²) in [6.07, 6.45) is 0.207. The van der Waals surface area contributed by atoms with E-state index in [4.69, 9.17) is 21.8 Å². The second-order valence-corrected chi connectivity index (χ2v) is 10.1. The fraction of sp³-hybridized carbons (Fsp3) is 0.0645. The Labute approximate surface area is 229 Å². The van der Waals surface area contributed by atoms with Gasteiger partial charge in [-0.2, -0.15) is 5.10 Å². The van der Waals surface area contributed by atoms with E-state index in [1.807, 2.05) is 120 Å². The van der Waals surface area contributed by atoms with Gasteiger partial charge in [0, 0.05) is 21.8 Å². The van der Waals surface area contributed by atoms with Gasteiger partial charge in [-0.25, -0.2) is 0 Å². The first-order valence-corrected chi connectivity index (χ1v) is 13.5. The molecule has 1 fully saturated rings. The summed E-state index contributed by atoms with van der Waals surface area (Å²) in [5.74, 6) is 0.00275. The number of benzene rings is 4. The highest BCUT2D eigenvalue weighted by Gasteiger charge is 2.39. The van der Waals surface area contributed by atoms with E-state index in [-0.39, 0.29) is 18.4 Å². The summed E-state index contributed by atoms with van der Waals surface area (Å²) in [7, 11) is 0. The number of halogens is 1. The van der Waals surface area contributed by atoms with Gasteiger partial charge in [0.05, 0.1) is 17.8 Å². The number of rotatable bonds is 5. The summed E-state index contributed by atoms with van der Waals surface area (Å²) in [5, 5.41) is 12.2. The smallest absolute Gasteiger partial charge is 0.233 e. The third kappa shape index (κ3) is 4.72. The first-order chi connectivity index (χ1) is 18.7. The summed E-state index contributed by atoms with van der Waals surface area (Å²) in [4.78, 5) is 15.8. The Morgan fingerprint density at radius 2 is 1.34 bits per heavy atom. The molecule has 1 amide bonds. The molecule has 1 aliphatic heterocycles. The van der Waals surface area contributed by atoms with Crippen LogP contribution in [0.15, 0.2) is 131 Å². The number of hydrogen-bond donors (Lipinski definition) is 0. The second kappa shape index (κ2) is 10.6. The minimum absolute atomic E-state index is 0.00275.